The standard InChI is InChI=1S/C11H13ClN4O2S/c12-10-14-7-2-4-19-8(7)9(15-10)13-6-1-3-16(5-6)11(17)18/h6H,1-5H2,(H,17,18)(H,13,14,15)/t6-/m1/s1. The summed E-state index contributed by atoms with van der Waals surface area (Å²) in [6.45, 7) is 1.04. The van der Waals surface area contributed by atoms with Crippen molar-refractivity contribution in [2.75, 3.05) is 24.2 Å². The number of aryl methyl sites for hydroxylation is 1. The molecule has 2 N–H and O–H groups in total. The van der Waals surface area contributed by atoms with E-state index in [2.05, 4.69) is 15.3 Å². The maximum Gasteiger partial charge on any atom is 0.407 e. The Hall–Kier alpha value is -1.21. The summed E-state index contributed by atoms with van der Waals surface area (Å²) in [5.41, 5.74) is 0.987. The number of likely N-dealkylation sites (tertiary alicyclic amines) is 1. The van der Waals surface area contributed by atoms with Gasteiger partial charge in [0.05, 0.1) is 10.6 Å². The Morgan fingerprint density at radius 2 is 2.37 bits per heavy atom. The molecule has 102 valence electrons. The number of nitrogens with one attached hydrogen (secondary N) is 1. The fraction of sp³-hybridized carbons (Fsp3) is 0.545. The van der Waals surface area contributed by atoms with Gasteiger partial charge >= 0.3 is 6.09 Å². The molecule has 0 bridgehead atoms. The van der Waals surface area contributed by atoms with Crippen molar-refractivity contribution in [2.45, 2.75) is 23.8 Å². The van der Waals surface area contributed by atoms with Crippen LogP contribution in [0.3, 0.4) is 0 Å². The van der Waals surface area contributed by atoms with E-state index in [1.54, 1.807) is 11.8 Å². The molecule has 1 atom stereocenters. The number of nitrogens with zero attached hydrogens (tertiary/aromatic N) is 3. The monoisotopic (exact) mass is 300 g/mol. The van der Waals surface area contributed by atoms with Crippen LogP contribution < -0.4 is 5.32 Å². The Bertz CT molecular complexity index is 528. The fourth-order valence-electron chi connectivity index (χ4n) is 2.38. The zero-order valence-electron chi connectivity index (χ0n) is 10.1. The lowest BCUT2D eigenvalue weighted by molar-refractivity contribution is 0.155. The van der Waals surface area contributed by atoms with E-state index in [9.17, 15) is 4.79 Å². The van der Waals surface area contributed by atoms with Gasteiger partial charge in [0, 0.05) is 31.3 Å². The number of anilines is 1. The Morgan fingerprint density at radius 3 is 3.11 bits per heavy atom. The first-order valence-corrected chi connectivity index (χ1v) is 7.43. The minimum atomic E-state index is -0.871. The molecule has 1 aromatic heterocycles. The third kappa shape index (κ3) is 2.57. The van der Waals surface area contributed by atoms with Gasteiger partial charge in [-0.1, -0.05) is 0 Å². The van der Waals surface area contributed by atoms with E-state index < -0.39 is 6.09 Å². The van der Waals surface area contributed by atoms with Gasteiger partial charge in [0.2, 0.25) is 5.28 Å². The second-order valence-corrected chi connectivity index (χ2v) is 6.02. The Labute approximate surface area is 119 Å². The molecule has 0 aromatic carbocycles. The first kappa shape index (κ1) is 12.8. The van der Waals surface area contributed by atoms with Crippen LogP contribution in [0.15, 0.2) is 4.90 Å². The van der Waals surface area contributed by atoms with Gasteiger partial charge in [-0.3, -0.25) is 0 Å². The second-order valence-electron chi connectivity index (χ2n) is 4.57. The molecule has 1 aromatic rings. The van der Waals surface area contributed by atoms with Crippen molar-refractivity contribution in [3.63, 3.8) is 0 Å². The lowest BCUT2D eigenvalue weighted by Crippen LogP contribution is -2.30. The summed E-state index contributed by atoms with van der Waals surface area (Å²) in [5.74, 6) is 1.74. The largest absolute Gasteiger partial charge is 0.465 e. The molecule has 1 saturated heterocycles. The summed E-state index contributed by atoms with van der Waals surface area (Å²) in [4.78, 5) is 21.8. The molecule has 8 heteroatoms. The normalized spacial score (nSPS) is 21.5. The predicted molar refractivity (Wildman–Crippen MR) is 73.1 cm³/mol. The quantitative estimate of drug-likeness (QED) is 0.813. The van der Waals surface area contributed by atoms with Crippen molar-refractivity contribution in [3.8, 4) is 0 Å². The zero-order valence-corrected chi connectivity index (χ0v) is 11.7. The molecule has 1 fully saturated rings. The van der Waals surface area contributed by atoms with Crippen LogP contribution in [0.4, 0.5) is 10.6 Å². The molecule has 0 unspecified atom stereocenters. The first-order chi connectivity index (χ1) is 9.13. The fourth-order valence-corrected chi connectivity index (χ4v) is 3.62. The summed E-state index contributed by atoms with van der Waals surface area (Å²) in [6, 6.07) is 0.0902. The summed E-state index contributed by atoms with van der Waals surface area (Å²) < 4.78 is 0. The molecule has 19 heavy (non-hydrogen) atoms. The number of amides is 1. The number of halogens is 1. The van der Waals surface area contributed by atoms with Crippen molar-refractivity contribution in [1.29, 1.82) is 0 Å². The molecule has 0 saturated carbocycles. The third-order valence-corrected chi connectivity index (χ3v) is 4.59. The molecule has 0 spiro atoms. The van der Waals surface area contributed by atoms with E-state index in [0.29, 0.717) is 13.1 Å². The zero-order chi connectivity index (χ0) is 13.4. The number of hydrogen-bond donors (Lipinski definition) is 2. The number of fused-ring (bicyclic) bond motifs is 1. The molecule has 2 aliphatic heterocycles. The smallest absolute Gasteiger partial charge is 0.407 e. The van der Waals surface area contributed by atoms with Crippen LogP contribution >= 0.6 is 23.4 Å². The lowest BCUT2D eigenvalue weighted by Gasteiger charge is -2.16. The van der Waals surface area contributed by atoms with Crippen LogP contribution in [-0.2, 0) is 6.42 Å². The van der Waals surface area contributed by atoms with Crippen molar-refractivity contribution in [3.05, 3.63) is 11.0 Å². The van der Waals surface area contributed by atoms with Gasteiger partial charge in [0.25, 0.3) is 0 Å². The summed E-state index contributed by atoms with van der Waals surface area (Å²) in [6.07, 6.45) is 0.820. The topological polar surface area (TPSA) is 78.4 Å². The molecule has 2 aliphatic rings. The van der Waals surface area contributed by atoms with Crippen LogP contribution in [0.25, 0.3) is 0 Å². The van der Waals surface area contributed by atoms with Gasteiger partial charge in [-0.2, -0.15) is 4.98 Å². The molecule has 6 nitrogen and oxygen atoms in total. The van der Waals surface area contributed by atoms with Crippen LogP contribution in [0.5, 0.6) is 0 Å². The second kappa shape index (κ2) is 5.05. The molecule has 0 radical (unpaired) electrons. The number of thioether (sulfide) groups is 1. The highest BCUT2D eigenvalue weighted by Crippen LogP contribution is 2.36. The van der Waals surface area contributed by atoms with Gasteiger partial charge in [0.1, 0.15) is 5.82 Å². The van der Waals surface area contributed by atoms with E-state index in [1.807, 2.05) is 0 Å². The van der Waals surface area contributed by atoms with Gasteiger partial charge in [-0.05, 0) is 18.0 Å². The molecule has 0 aliphatic carbocycles. The minimum absolute atomic E-state index is 0.0902. The van der Waals surface area contributed by atoms with Crippen molar-refractivity contribution >= 4 is 35.3 Å². The van der Waals surface area contributed by atoms with Gasteiger partial charge in [-0.25, -0.2) is 9.78 Å². The highest BCUT2D eigenvalue weighted by Gasteiger charge is 2.28. The Kier molecular flexibility index (Phi) is 3.40. The van der Waals surface area contributed by atoms with Gasteiger partial charge < -0.3 is 15.3 Å². The van der Waals surface area contributed by atoms with Crippen LogP contribution in [0, 0.1) is 0 Å². The maximum atomic E-state index is 10.9. The lowest BCUT2D eigenvalue weighted by atomic mass is 10.2. The van der Waals surface area contributed by atoms with Crippen LogP contribution in [-0.4, -0.2) is 51.0 Å². The maximum absolute atomic E-state index is 10.9. The van der Waals surface area contributed by atoms with E-state index in [-0.39, 0.29) is 11.3 Å². The third-order valence-electron chi connectivity index (χ3n) is 3.29. The van der Waals surface area contributed by atoms with Crippen molar-refractivity contribution in [2.24, 2.45) is 0 Å². The molecule has 3 heterocycles. The number of hydrogen-bond acceptors (Lipinski definition) is 5. The Morgan fingerprint density at radius 1 is 1.53 bits per heavy atom. The number of carbonyl (C=O) groups is 1. The number of aromatic nitrogens is 2. The molecule has 1 amide bonds. The predicted octanol–water partition coefficient (Wildman–Crippen LogP) is 1.94. The van der Waals surface area contributed by atoms with Gasteiger partial charge in [0.15, 0.2) is 0 Å². The average molecular weight is 301 g/mol. The first-order valence-electron chi connectivity index (χ1n) is 6.07. The highest BCUT2D eigenvalue weighted by atomic mass is 35.5. The Balaban J connectivity index is 1.76. The summed E-state index contributed by atoms with van der Waals surface area (Å²) >= 11 is 7.63. The summed E-state index contributed by atoms with van der Waals surface area (Å²) in [5, 5.41) is 12.5. The van der Waals surface area contributed by atoms with Crippen molar-refractivity contribution in [1.82, 2.24) is 14.9 Å². The SMILES string of the molecule is O=C(O)N1CC[C@@H](Nc2nc(Cl)nc3c2SCC3)C1. The highest BCUT2D eigenvalue weighted by molar-refractivity contribution is 7.99. The van der Waals surface area contributed by atoms with Crippen LogP contribution in [0.1, 0.15) is 12.1 Å². The van der Waals surface area contributed by atoms with Gasteiger partial charge in [-0.15, -0.1) is 11.8 Å². The van der Waals surface area contributed by atoms with Crippen molar-refractivity contribution < 1.29 is 9.90 Å². The molecular formula is C11H13ClN4O2S. The van der Waals surface area contributed by atoms with Crippen LogP contribution in [0.2, 0.25) is 5.28 Å². The van der Waals surface area contributed by atoms with E-state index >= 15 is 0 Å². The van der Waals surface area contributed by atoms with E-state index in [0.717, 1.165) is 35.0 Å². The minimum Gasteiger partial charge on any atom is -0.465 e. The average Bonchev–Trinajstić information content (AvgIpc) is 2.96. The molecule has 3 rings (SSSR count). The molecular weight excluding hydrogens is 288 g/mol. The van der Waals surface area contributed by atoms with E-state index in [4.69, 9.17) is 16.7 Å². The summed E-state index contributed by atoms with van der Waals surface area (Å²) in [7, 11) is 0. The van der Waals surface area contributed by atoms with E-state index in [1.165, 1.54) is 4.90 Å². The number of carboxylic acid groups (broad SMARTS) is 1. The number of rotatable bonds is 2.